The number of aromatic nitrogens is 6. The highest BCUT2D eigenvalue weighted by Crippen LogP contribution is 2.31. The molecular weight excluding hydrogens is 720 g/mol. The second-order valence-electron chi connectivity index (χ2n) is 11.5. The van der Waals surface area contributed by atoms with E-state index in [4.69, 9.17) is 25.8 Å². The second-order valence-corrected chi connectivity index (χ2v) is 11.9. The molecule has 0 amide bonds. The molecule has 0 saturated heterocycles. The number of carbonyl (C=O) groups excluding carboxylic acids is 2. The third kappa shape index (κ3) is 12.4. The maximum Gasteiger partial charge on any atom is 0.510 e. The molecule has 2 heterocycles. The predicted octanol–water partition coefficient (Wildman–Crippen LogP) is 5.94. The average Bonchev–Trinajstić information content (AvgIpc) is 3.74. The van der Waals surface area contributed by atoms with E-state index in [1.165, 1.54) is 0 Å². The van der Waals surface area contributed by atoms with Gasteiger partial charge in [-0.05, 0) is 54.5 Å². The number of carbonyl (C=O) groups is 2. The number of rotatable bonds is 22. The molecule has 0 bridgehead atoms. The van der Waals surface area contributed by atoms with Crippen LogP contribution < -0.4 is 0 Å². The quantitative estimate of drug-likeness (QED) is 0.0391. The number of unbranched alkanes of at least 4 members (excludes halogenated alkanes) is 2. The Morgan fingerprint density at radius 1 is 0.906 bits per heavy atom. The molecule has 0 aliphatic carbocycles. The van der Waals surface area contributed by atoms with Crippen LogP contribution >= 0.6 is 11.6 Å². The Morgan fingerprint density at radius 2 is 1.58 bits per heavy atom. The van der Waals surface area contributed by atoms with Gasteiger partial charge < -0.3 is 28.5 Å². The molecular formula is C33H39ClN8O11. The van der Waals surface area contributed by atoms with E-state index in [0.717, 1.165) is 40.2 Å². The third-order valence-electron chi connectivity index (χ3n) is 7.70. The summed E-state index contributed by atoms with van der Waals surface area (Å²) in [6, 6.07) is 15.4. The minimum absolute atomic E-state index is 0.00517. The van der Waals surface area contributed by atoms with Crippen LogP contribution in [0.1, 0.15) is 75.7 Å². The largest absolute Gasteiger partial charge is 0.510 e. The van der Waals surface area contributed by atoms with Crippen LogP contribution in [0.15, 0.2) is 48.5 Å². The summed E-state index contributed by atoms with van der Waals surface area (Å²) in [5.41, 5.74) is 3.88. The van der Waals surface area contributed by atoms with Gasteiger partial charge in [0.15, 0.2) is 5.15 Å². The fraction of sp³-hybridized carbons (Fsp3) is 0.455. The van der Waals surface area contributed by atoms with E-state index < -0.39 is 28.5 Å². The SMILES string of the molecule is CCCCc1nc(Cl)c(COC(=O)CCCO[N+](=O)[O-])n1Cc1ccc(-c2ccccc2-c2nnn(C(C)OC(=O)OCCCCO[N+](=O)[O-])n2)cc1. The summed E-state index contributed by atoms with van der Waals surface area (Å²) in [5.74, 6) is 0.528. The Balaban J connectivity index is 1.41. The zero-order valence-electron chi connectivity index (χ0n) is 29.1. The van der Waals surface area contributed by atoms with Crippen molar-refractivity contribution in [1.82, 2.24) is 29.8 Å². The molecule has 0 fully saturated rings. The molecule has 0 spiro atoms. The van der Waals surface area contributed by atoms with Crippen molar-refractivity contribution in [2.24, 2.45) is 0 Å². The van der Waals surface area contributed by atoms with Gasteiger partial charge in [-0.1, -0.05) is 73.5 Å². The van der Waals surface area contributed by atoms with E-state index in [0.29, 0.717) is 42.9 Å². The first-order valence-electron chi connectivity index (χ1n) is 16.8. The van der Waals surface area contributed by atoms with E-state index in [2.05, 4.69) is 37.0 Å². The molecule has 0 radical (unpaired) electrons. The molecule has 284 valence electrons. The Morgan fingerprint density at radius 3 is 2.28 bits per heavy atom. The van der Waals surface area contributed by atoms with E-state index in [1.54, 1.807) is 6.92 Å². The second kappa shape index (κ2) is 20.3. The number of tetrazole rings is 1. The van der Waals surface area contributed by atoms with Crippen LogP contribution in [0.4, 0.5) is 4.79 Å². The van der Waals surface area contributed by atoms with Crippen molar-refractivity contribution >= 4 is 23.7 Å². The minimum Gasteiger partial charge on any atom is -0.459 e. The highest BCUT2D eigenvalue weighted by Gasteiger charge is 2.20. The molecule has 2 aromatic carbocycles. The van der Waals surface area contributed by atoms with Gasteiger partial charge in [-0.15, -0.1) is 35.2 Å². The normalized spacial score (nSPS) is 11.5. The number of benzene rings is 2. The standard InChI is InChI=1S/C33H39ClN8O11/c1-3-4-12-29-35-31(34)28(22-50-30(43)13-9-20-52-42(47)48)39(29)21-24-14-16-25(17-15-24)26-10-5-6-11-27(26)32-36-38-40(37-32)23(2)53-33(44)49-18-7-8-19-51-41(45)46/h5-6,10-11,14-17,23H,3-4,7-9,12-13,18-22H2,1-2H3. The Bertz CT molecular complexity index is 1830. The van der Waals surface area contributed by atoms with Crippen LogP contribution in [0.3, 0.4) is 0 Å². The van der Waals surface area contributed by atoms with Crippen molar-refractivity contribution < 1.29 is 43.6 Å². The van der Waals surface area contributed by atoms with E-state index >= 15 is 0 Å². The molecule has 1 atom stereocenters. The van der Waals surface area contributed by atoms with Crippen molar-refractivity contribution in [2.75, 3.05) is 19.8 Å². The Labute approximate surface area is 308 Å². The maximum absolute atomic E-state index is 12.3. The van der Waals surface area contributed by atoms with Gasteiger partial charge in [-0.3, -0.25) is 4.79 Å². The molecule has 53 heavy (non-hydrogen) atoms. The molecule has 19 nitrogen and oxygen atoms in total. The molecule has 1 unspecified atom stereocenters. The van der Waals surface area contributed by atoms with Crippen LogP contribution in [0.25, 0.3) is 22.5 Å². The van der Waals surface area contributed by atoms with Crippen molar-refractivity contribution in [2.45, 2.75) is 78.2 Å². The number of imidazole rings is 1. The molecule has 4 aromatic rings. The summed E-state index contributed by atoms with van der Waals surface area (Å²) in [6.07, 6.45) is 1.40. The number of hydrogen-bond acceptors (Lipinski definition) is 15. The van der Waals surface area contributed by atoms with Crippen molar-refractivity contribution in [1.29, 1.82) is 0 Å². The lowest BCUT2D eigenvalue weighted by Gasteiger charge is -2.14. The number of ether oxygens (including phenoxy) is 3. The summed E-state index contributed by atoms with van der Waals surface area (Å²) < 4.78 is 17.6. The fourth-order valence-electron chi connectivity index (χ4n) is 5.04. The molecule has 0 saturated carbocycles. The number of nitrogens with zero attached hydrogens (tertiary/aromatic N) is 8. The highest BCUT2D eigenvalue weighted by molar-refractivity contribution is 6.30. The van der Waals surface area contributed by atoms with Gasteiger partial charge in [0.05, 0.1) is 25.5 Å². The minimum atomic E-state index is -0.950. The van der Waals surface area contributed by atoms with Gasteiger partial charge in [0.25, 0.3) is 10.2 Å². The van der Waals surface area contributed by atoms with Gasteiger partial charge in [0.2, 0.25) is 12.1 Å². The lowest BCUT2D eigenvalue weighted by Crippen LogP contribution is -2.18. The summed E-state index contributed by atoms with van der Waals surface area (Å²) in [7, 11) is 0. The lowest BCUT2D eigenvalue weighted by atomic mass is 9.98. The zero-order valence-corrected chi connectivity index (χ0v) is 29.9. The number of halogens is 1. The number of hydrogen-bond donors (Lipinski definition) is 0. The number of esters is 1. The zero-order chi connectivity index (χ0) is 38.2. The third-order valence-corrected chi connectivity index (χ3v) is 8.00. The van der Waals surface area contributed by atoms with Crippen LogP contribution in [0.5, 0.6) is 0 Å². The topological polar surface area (TPSA) is 228 Å². The first-order chi connectivity index (χ1) is 25.5. The van der Waals surface area contributed by atoms with Gasteiger partial charge in [0.1, 0.15) is 12.4 Å². The van der Waals surface area contributed by atoms with Gasteiger partial charge >= 0.3 is 12.1 Å². The molecule has 0 N–H and O–H groups in total. The molecule has 0 aliphatic heterocycles. The summed E-state index contributed by atoms with van der Waals surface area (Å²) in [6.45, 7) is 3.62. The first kappa shape index (κ1) is 39.9. The smallest absolute Gasteiger partial charge is 0.459 e. The predicted molar refractivity (Wildman–Crippen MR) is 185 cm³/mol. The van der Waals surface area contributed by atoms with Crippen molar-refractivity contribution in [3.63, 3.8) is 0 Å². The number of aryl methyl sites for hydroxylation is 1. The molecule has 0 aliphatic rings. The van der Waals surface area contributed by atoms with Crippen molar-refractivity contribution in [3.8, 4) is 22.5 Å². The average molecular weight is 759 g/mol. The van der Waals surface area contributed by atoms with Crippen LogP contribution in [-0.2, 0) is 48.3 Å². The van der Waals surface area contributed by atoms with Crippen LogP contribution in [0.2, 0.25) is 5.15 Å². The molecule has 20 heteroatoms. The highest BCUT2D eigenvalue weighted by atomic mass is 35.5. The summed E-state index contributed by atoms with van der Waals surface area (Å²) in [4.78, 5) is 59.1. The monoisotopic (exact) mass is 758 g/mol. The van der Waals surface area contributed by atoms with Gasteiger partial charge in [-0.25, -0.2) is 9.78 Å². The first-order valence-corrected chi connectivity index (χ1v) is 17.2. The van der Waals surface area contributed by atoms with Gasteiger partial charge in [-0.2, -0.15) is 0 Å². The Hall–Kier alpha value is -5.85. The van der Waals surface area contributed by atoms with E-state index in [9.17, 15) is 29.8 Å². The molecule has 4 rings (SSSR count). The maximum atomic E-state index is 12.3. The van der Waals surface area contributed by atoms with Crippen molar-refractivity contribution in [3.05, 3.63) is 91.0 Å². The van der Waals surface area contributed by atoms with Crippen LogP contribution in [0, 0.1) is 20.2 Å². The molecule has 2 aromatic heterocycles. The Kier molecular flexibility index (Phi) is 15.3. The van der Waals surface area contributed by atoms with Gasteiger partial charge in [0, 0.05) is 24.9 Å². The van der Waals surface area contributed by atoms with E-state index in [1.807, 2.05) is 53.1 Å². The van der Waals surface area contributed by atoms with Crippen LogP contribution in [-0.4, -0.2) is 71.9 Å². The summed E-state index contributed by atoms with van der Waals surface area (Å²) in [5, 5.41) is 31.6. The lowest BCUT2D eigenvalue weighted by molar-refractivity contribution is -0.757. The fourth-order valence-corrected chi connectivity index (χ4v) is 5.29. The van der Waals surface area contributed by atoms with E-state index in [-0.39, 0.29) is 44.4 Å². The summed E-state index contributed by atoms with van der Waals surface area (Å²) >= 11 is 6.52.